The van der Waals surface area contributed by atoms with E-state index >= 15 is 0 Å². The molecule has 5 nitrogen and oxygen atoms in total. The molecule has 2 aromatic rings. The first-order chi connectivity index (χ1) is 12.8. The van der Waals surface area contributed by atoms with E-state index in [1.54, 1.807) is 0 Å². The summed E-state index contributed by atoms with van der Waals surface area (Å²) in [7, 11) is -3.45. The Balaban J connectivity index is 2.16. The summed E-state index contributed by atoms with van der Waals surface area (Å²) in [5.41, 5.74) is -1.44. The maximum Gasteiger partial charge on any atom is 0.417 e. The van der Waals surface area contributed by atoms with Crippen LogP contribution in [0, 0.1) is 11.6 Å². The molecule has 0 fully saturated rings. The molecule has 2 aromatic carbocycles. The van der Waals surface area contributed by atoms with E-state index in [2.05, 4.69) is 5.32 Å². The lowest BCUT2D eigenvalue weighted by atomic mass is 10.2. The molecule has 12 heteroatoms. The second-order valence-electron chi connectivity index (χ2n) is 5.61. The van der Waals surface area contributed by atoms with Gasteiger partial charge in [-0.3, -0.25) is 4.79 Å². The van der Waals surface area contributed by atoms with Gasteiger partial charge in [0, 0.05) is 18.8 Å². The van der Waals surface area contributed by atoms with E-state index in [1.165, 1.54) is 0 Å². The summed E-state index contributed by atoms with van der Waals surface area (Å²) < 4.78 is 90.1. The lowest BCUT2D eigenvalue weighted by molar-refractivity contribution is -0.137. The maximum absolute atomic E-state index is 13.2. The lowest BCUT2D eigenvalue weighted by Gasteiger charge is -2.17. The van der Waals surface area contributed by atoms with Crippen molar-refractivity contribution in [3.63, 3.8) is 0 Å². The third kappa shape index (κ3) is 5.18. The number of alkyl halides is 3. The van der Waals surface area contributed by atoms with Crippen LogP contribution in [0.3, 0.4) is 0 Å². The predicted octanol–water partition coefficient (Wildman–Crippen LogP) is 3.90. The van der Waals surface area contributed by atoms with Crippen molar-refractivity contribution in [1.82, 2.24) is 4.31 Å². The number of carbonyl (C=O) groups is 1. The fourth-order valence-electron chi connectivity index (χ4n) is 2.17. The third-order valence-corrected chi connectivity index (χ3v) is 5.58. The van der Waals surface area contributed by atoms with Gasteiger partial charge >= 0.3 is 6.18 Å². The van der Waals surface area contributed by atoms with E-state index < -0.39 is 55.8 Å². The molecule has 0 aromatic heterocycles. The van der Waals surface area contributed by atoms with Crippen molar-refractivity contribution >= 4 is 33.2 Å². The SMILES string of the molecule is CN(CC(=O)Nc1ccc(Cl)c(C(F)(F)F)c1)S(=O)(=O)c1cc(F)cc(F)c1. The number of hydrogen-bond acceptors (Lipinski definition) is 3. The van der Waals surface area contributed by atoms with Gasteiger partial charge in [0.05, 0.1) is 22.0 Å². The molecule has 0 atom stereocenters. The van der Waals surface area contributed by atoms with Crippen LogP contribution in [-0.2, 0) is 21.0 Å². The molecule has 152 valence electrons. The molecule has 0 spiro atoms. The number of halogens is 6. The fourth-order valence-corrected chi connectivity index (χ4v) is 3.56. The summed E-state index contributed by atoms with van der Waals surface area (Å²) in [6.45, 7) is -0.815. The van der Waals surface area contributed by atoms with Crippen LogP contribution >= 0.6 is 11.6 Å². The highest BCUT2D eigenvalue weighted by Crippen LogP contribution is 2.36. The third-order valence-electron chi connectivity index (χ3n) is 3.47. The first kappa shape index (κ1) is 22.1. The zero-order valence-corrected chi connectivity index (χ0v) is 15.6. The zero-order chi connectivity index (χ0) is 21.3. The van der Waals surface area contributed by atoms with E-state index in [1.807, 2.05) is 0 Å². The molecule has 1 amide bonds. The fraction of sp³-hybridized carbons (Fsp3) is 0.188. The smallest absolute Gasteiger partial charge is 0.325 e. The summed E-state index contributed by atoms with van der Waals surface area (Å²) in [6.07, 6.45) is -4.75. The van der Waals surface area contributed by atoms with Crippen molar-refractivity contribution in [2.45, 2.75) is 11.1 Å². The molecule has 0 radical (unpaired) electrons. The average molecular weight is 443 g/mol. The van der Waals surface area contributed by atoms with Gasteiger partial charge in [-0.05, 0) is 30.3 Å². The van der Waals surface area contributed by atoms with Gasteiger partial charge in [0.25, 0.3) is 0 Å². The van der Waals surface area contributed by atoms with Crippen LogP contribution in [0.15, 0.2) is 41.3 Å². The van der Waals surface area contributed by atoms with Crippen molar-refractivity contribution in [1.29, 1.82) is 0 Å². The Morgan fingerprint density at radius 1 is 1.11 bits per heavy atom. The van der Waals surface area contributed by atoms with Gasteiger partial charge in [0.2, 0.25) is 15.9 Å². The zero-order valence-electron chi connectivity index (χ0n) is 14.0. The lowest BCUT2D eigenvalue weighted by Crippen LogP contribution is -2.35. The maximum atomic E-state index is 13.2. The number of sulfonamides is 1. The van der Waals surface area contributed by atoms with Crippen LogP contribution < -0.4 is 5.32 Å². The molecule has 0 unspecified atom stereocenters. The molecular formula is C16H12ClF5N2O3S. The average Bonchev–Trinajstić information content (AvgIpc) is 2.54. The van der Waals surface area contributed by atoms with E-state index in [4.69, 9.17) is 11.6 Å². The first-order valence-corrected chi connectivity index (χ1v) is 9.21. The molecule has 1 N–H and O–H groups in total. The summed E-state index contributed by atoms with van der Waals surface area (Å²) in [6, 6.07) is 4.24. The summed E-state index contributed by atoms with van der Waals surface area (Å²) >= 11 is 5.47. The van der Waals surface area contributed by atoms with E-state index in [0.29, 0.717) is 28.6 Å². The topological polar surface area (TPSA) is 66.5 Å². The van der Waals surface area contributed by atoms with Gasteiger partial charge in [-0.25, -0.2) is 17.2 Å². The van der Waals surface area contributed by atoms with E-state index in [0.717, 1.165) is 19.2 Å². The molecular weight excluding hydrogens is 431 g/mol. The van der Waals surface area contributed by atoms with Crippen LogP contribution in [0.5, 0.6) is 0 Å². The summed E-state index contributed by atoms with van der Waals surface area (Å²) in [4.78, 5) is 11.3. The second kappa shape index (κ2) is 8.02. The van der Waals surface area contributed by atoms with Crippen LogP contribution in [0.4, 0.5) is 27.6 Å². The van der Waals surface area contributed by atoms with Gasteiger partial charge in [-0.1, -0.05) is 11.6 Å². The van der Waals surface area contributed by atoms with E-state index in [-0.39, 0.29) is 5.69 Å². The van der Waals surface area contributed by atoms with E-state index in [9.17, 15) is 35.2 Å². The largest absolute Gasteiger partial charge is 0.417 e. The Bertz CT molecular complexity index is 992. The van der Waals surface area contributed by atoms with Gasteiger partial charge < -0.3 is 5.32 Å². The Morgan fingerprint density at radius 2 is 1.68 bits per heavy atom. The second-order valence-corrected chi connectivity index (χ2v) is 8.06. The number of amides is 1. The number of hydrogen-bond donors (Lipinski definition) is 1. The minimum Gasteiger partial charge on any atom is -0.325 e. The van der Waals surface area contributed by atoms with Crippen molar-refractivity contribution in [2.75, 3.05) is 18.9 Å². The highest BCUT2D eigenvalue weighted by molar-refractivity contribution is 7.89. The van der Waals surface area contributed by atoms with Crippen LogP contribution in [0.25, 0.3) is 0 Å². The predicted molar refractivity (Wildman–Crippen MR) is 91.3 cm³/mol. The minimum absolute atomic E-state index is 0.260. The number of benzene rings is 2. The first-order valence-electron chi connectivity index (χ1n) is 7.40. The normalized spacial score (nSPS) is 12.3. The highest BCUT2D eigenvalue weighted by Gasteiger charge is 2.33. The Labute approximate surface area is 161 Å². The number of nitrogens with one attached hydrogen (secondary N) is 1. The number of anilines is 1. The monoisotopic (exact) mass is 442 g/mol. The Kier molecular flexibility index (Phi) is 6.31. The Morgan fingerprint density at radius 3 is 2.21 bits per heavy atom. The molecule has 28 heavy (non-hydrogen) atoms. The van der Waals surface area contributed by atoms with Gasteiger partial charge in [-0.2, -0.15) is 17.5 Å². The summed E-state index contributed by atoms with van der Waals surface area (Å²) in [5, 5.41) is 1.54. The van der Waals surface area contributed by atoms with Crippen LogP contribution in [-0.4, -0.2) is 32.2 Å². The Hall–Kier alpha value is -2.24. The van der Waals surface area contributed by atoms with Crippen molar-refractivity contribution in [3.8, 4) is 0 Å². The molecule has 0 saturated carbocycles. The quantitative estimate of drug-likeness (QED) is 0.714. The van der Waals surface area contributed by atoms with Gasteiger partial charge in [-0.15, -0.1) is 0 Å². The standard InChI is InChI=1S/C16H12ClF5N2O3S/c1-24(28(26,27)12-5-9(18)4-10(19)6-12)8-15(25)23-11-2-3-14(17)13(7-11)16(20,21)22/h2-7H,8H2,1H3,(H,23,25). The van der Waals surface area contributed by atoms with Crippen LogP contribution in [0.1, 0.15) is 5.56 Å². The minimum atomic E-state index is -4.75. The molecule has 2 rings (SSSR count). The molecule has 0 aliphatic heterocycles. The summed E-state index contributed by atoms with van der Waals surface area (Å²) in [5.74, 6) is -3.23. The van der Waals surface area contributed by atoms with Crippen molar-refractivity contribution in [3.05, 3.63) is 58.6 Å². The van der Waals surface area contributed by atoms with Gasteiger partial charge in [0.15, 0.2) is 0 Å². The molecule has 0 aliphatic rings. The molecule has 0 heterocycles. The number of nitrogens with zero attached hydrogens (tertiary/aromatic N) is 1. The van der Waals surface area contributed by atoms with Gasteiger partial charge in [0.1, 0.15) is 11.6 Å². The van der Waals surface area contributed by atoms with Crippen molar-refractivity contribution in [2.24, 2.45) is 0 Å². The molecule has 0 bridgehead atoms. The number of rotatable bonds is 5. The highest BCUT2D eigenvalue weighted by atomic mass is 35.5. The molecule has 0 saturated heterocycles. The number of carbonyl (C=O) groups excluding carboxylic acids is 1. The molecule has 0 aliphatic carbocycles. The number of likely N-dealkylation sites (N-methyl/N-ethyl adjacent to an activating group) is 1. The van der Waals surface area contributed by atoms with Crippen molar-refractivity contribution < 1.29 is 35.2 Å². The van der Waals surface area contributed by atoms with Crippen LogP contribution in [0.2, 0.25) is 5.02 Å².